The van der Waals surface area contributed by atoms with Gasteiger partial charge in [0.25, 0.3) is 0 Å². The van der Waals surface area contributed by atoms with E-state index in [1.165, 1.54) is 6.21 Å². The van der Waals surface area contributed by atoms with Gasteiger partial charge in [-0.25, -0.2) is 0 Å². The molecule has 1 aliphatic rings. The van der Waals surface area contributed by atoms with Crippen LogP contribution in [-0.2, 0) is 6.42 Å². The van der Waals surface area contributed by atoms with Gasteiger partial charge in [-0.05, 0) is 24.3 Å². The second kappa shape index (κ2) is 7.24. The van der Waals surface area contributed by atoms with Crippen molar-refractivity contribution < 1.29 is 5.11 Å². The highest BCUT2D eigenvalue weighted by Gasteiger charge is 2.19. The molecule has 3 rings (SSSR count). The summed E-state index contributed by atoms with van der Waals surface area (Å²) < 4.78 is 0. The second-order valence-electron chi connectivity index (χ2n) is 5.76. The van der Waals surface area contributed by atoms with Gasteiger partial charge in [-0.2, -0.15) is 0 Å². The standard InChI is InChI=1S/C18H22N4O/c19-14-15-4-3-6-17(18(15)23)22-12-10-21(11-13-22)9-7-16-5-1-2-8-20-16/h1-6,8,14,19,23H,7,9-13H2. The predicted molar refractivity (Wildman–Crippen MR) is 92.6 cm³/mol. The topological polar surface area (TPSA) is 63.5 Å². The molecular weight excluding hydrogens is 288 g/mol. The molecule has 0 aliphatic carbocycles. The smallest absolute Gasteiger partial charge is 0.147 e. The van der Waals surface area contributed by atoms with Gasteiger partial charge in [-0.1, -0.05) is 12.1 Å². The Morgan fingerprint density at radius 3 is 2.61 bits per heavy atom. The van der Waals surface area contributed by atoms with Crippen LogP contribution >= 0.6 is 0 Å². The molecule has 1 aromatic heterocycles. The van der Waals surface area contributed by atoms with Crippen molar-refractivity contribution in [1.82, 2.24) is 9.88 Å². The van der Waals surface area contributed by atoms with Gasteiger partial charge in [-0.15, -0.1) is 0 Å². The molecule has 0 spiro atoms. The zero-order chi connectivity index (χ0) is 16.1. The lowest BCUT2D eigenvalue weighted by Gasteiger charge is -2.36. The molecular formula is C18H22N4O. The Bertz CT molecular complexity index is 651. The summed E-state index contributed by atoms with van der Waals surface area (Å²) in [6, 6.07) is 11.6. The van der Waals surface area contributed by atoms with Gasteiger partial charge in [0.1, 0.15) is 5.75 Å². The summed E-state index contributed by atoms with van der Waals surface area (Å²) in [5.74, 6) is 0.212. The molecule has 5 nitrogen and oxygen atoms in total. The van der Waals surface area contributed by atoms with Gasteiger partial charge >= 0.3 is 0 Å². The van der Waals surface area contributed by atoms with Crippen molar-refractivity contribution in [1.29, 1.82) is 5.41 Å². The Balaban J connectivity index is 1.55. The van der Waals surface area contributed by atoms with Crippen molar-refractivity contribution in [2.45, 2.75) is 6.42 Å². The number of nitrogens with zero attached hydrogens (tertiary/aromatic N) is 3. The Morgan fingerprint density at radius 1 is 1.09 bits per heavy atom. The molecule has 1 saturated heterocycles. The molecule has 2 N–H and O–H groups in total. The first-order valence-electron chi connectivity index (χ1n) is 7.97. The van der Waals surface area contributed by atoms with E-state index in [4.69, 9.17) is 5.41 Å². The third-order valence-corrected chi connectivity index (χ3v) is 4.32. The first kappa shape index (κ1) is 15.5. The zero-order valence-corrected chi connectivity index (χ0v) is 13.2. The number of aromatic hydroxyl groups is 1. The van der Waals surface area contributed by atoms with Crippen molar-refractivity contribution in [2.24, 2.45) is 0 Å². The zero-order valence-electron chi connectivity index (χ0n) is 13.2. The summed E-state index contributed by atoms with van der Waals surface area (Å²) in [6.45, 7) is 4.73. The fourth-order valence-electron chi connectivity index (χ4n) is 2.95. The lowest BCUT2D eigenvalue weighted by Crippen LogP contribution is -2.47. The average Bonchev–Trinajstić information content (AvgIpc) is 2.62. The van der Waals surface area contributed by atoms with Crippen LogP contribution in [0.1, 0.15) is 11.3 Å². The predicted octanol–water partition coefficient (Wildman–Crippen LogP) is 2.15. The number of rotatable bonds is 5. The van der Waals surface area contributed by atoms with Crippen LogP contribution in [0.3, 0.4) is 0 Å². The van der Waals surface area contributed by atoms with E-state index in [1.807, 2.05) is 30.5 Å². The fraction of sp³-hybridized carbons (Fsp3) is 0.333. The molecule has 0 atom stereocenters. The van der Waals surface area contributed by atoms with Crippen molar-refractivity contribution in [3.63, 3.8) is 0 Å². The Labute approximate surface area is 136 Å². The summed E-state index contributed by atoms with van der Waals surface area (Å²) in [7, 11) is 0. The van der Waals surface area contributed by atoms with Crippen molar-refractivity contribution >= 4 is 11.9 Å². The first-order chi connectivity index (χ1) is 11.3. The molecule has 0 bridgehead atoms. The molecule has 0 saturated carbocycles. The van der Waals surface area contributed by atoms with E-state index < -0.39 is 0 Å². The largest absolute Gasteiger partial charge is 0.505 e. The lowest BCUT2D eigenvalue weighted by atomic mass is 10.1. The summed E-state index contributed by atoms with van der Waals surface area (Å²) in [5.41, 5.74) is 2.53. The molecule has 2 aromatic rings. The number of benzene rings is 1. The number of piperazine rings is 1. The number of phenols is 1. The minimum absolute atomic E-state index is 0.212. The molecule has 5 heteroatoms. The van der Waals surface area contributed by atoms with Crippen LogP contribution in [-0.4, -0.2) is 53.9 Å². The SMILES string of the molecule is N=Cc1cccc(N2CCN(CCc3ccccn3)CC2)c1O. The molecule has 0 amide bonds. The number of phenolic OH excluding ortho intramolecular Hbond substituents is 1. The highest BCUT2D eigenvalue weighted by atomic mass is 16.3. The number of pyridine rings is 1. The number of aromatic nitrogens is 1. The maximum Gasteiger partial charge on any atom is 0.147 e. The Kier molecular flexibility index (Phi) is 4.88. The third kappa shape index (κ3) is 3.68. The summed E-state index contributed by atoms with van der Waals surface area (Å²) in [5, 5.41) is 17.6. The van der Waals surface area contributed by atoms with Gasteiger partial charge in [0.15, 0.2) is 0 Å². The number of anilines is 1. The highest BCUT2D eigenvalue weighted by Crippen LogP contribution is 2.30. The quantitative estimate of drug-likeness (QED) is 0.831. The van der Waals surface area contributed by atoms with Crippen LogP contribution in [0.25, 0.3) is 0 Å². The van der Waals surface area contributed by atoms with Crippen molar-refractivity contribution in [2.75, 3.05) is 37.6 Å². The van der Waals surface area contributed by atoms with Crippen molar-refractivity contribution in [3.05, 3.63) is 53.9 Å². The normalized spacial score (nSPS) is 15.6. The minimum Gasteiger partial charge on any atom is -0.505 e. The van der Waals surface area contributed by atoms with E-state index in [-0.39, 0.29) is 5.75 Å². The Hall–Kier alpha value is -2.40. The van der Waals surface area contributed by atoms with Crippen LogP contribution in [0.2, 0.25) is 0 Å². The van der Waals surface area contributed by atoms with E-state index in [9.17, 15) is 5.11 Å². The van der Waals surface area contributed by atoms with Gasteiger partial charge in [0.05, 0.1) is 5.69 Å². The average molecular weight is 310 g/mol. The molecule has 0 radical (unpaired) electrons. The van der Waals surface area contributed by atoms with Crippen LogP contribution in [0.4, 0.5) is 5.69 Å². The molecule has 0 unspecified atom stereocenters. The van der Waals surface area contributed by atoms with Gasteiger partial charge in [0, 0.05) is 62.8 Å². The Morgan fingerprint density at radius 2 is 1.91 bits per heavy atom. The highest BCUT2D eigenvalue weighted by molar-refractivity contribution is 5.85. The monoisotopic (exact) mass is 310 g/mol. The van der Waals surface area contributed by atoms with E-state index in [1.54, 1.807) is 6.07 Å². The number of para-hydroxylation sites is 1. The second-order valence-corrected chi connectivity index (χ2v) is 5.76. The van der Waals surface area contributed by atoms with E-state index >= 15 is 0 Å². The fourth-order valence-corrected chi connectivity index (χ4v) is 2.95. The van der Waals surface area contributed by atoms with Gasteiger partial charge in [-0.3, -0.25) is 9.88 Å². The maximum absolute atomic E-state index is 10.2. The molecule has 1 aliphatic heterocycles. The van der Waals surface area contributed by atoms with Crippen molar-refractivity contribution in [3.8, 4) is 5.75 Å². The van der Waals surface area contributed by atoms with Crippen LogP contribution in [0.5, 0.6) is 5.75 Å². The number of hydrogen-bond acceptors (Lipinski definition) is 5. The number of hydrogen-bond donors (Lipinski definition) is 2. The molecule has 2 heterocycles. The molecule has 1 aromatic carbocycles. The minimum atomic E-state index is 0.212. The van der Waals surface area contributed by atoms with E-state index in [0.29, 0.717) is 5.56 Å². The van der Waals surface area contributed by atoms with E-state index in [2.05, 4.69) is 20.9 Å². The first-order valence-corrected chi connectivity index (χ1v) is 7.97. The molecule has 120 valence electrons. The van der Waals surface area contributed by atoms with Gasteiger partial charge in [0.2, 0.25) is 0 Å². The van der Waals surface area contributed by atoms with Crippen LogP contribution < -0.4 is 4.90 Å². The molecule has 1 fully saturated rings. The summed E-state index contributed by atoms with van der Waals surface area (Å²) >= 11 is 0. The number of nitrogens with one attached hydrogen (secondary N) is 1. The molecule has 23 heavy (non-hydrogen) atoms. The van der Waals surface area contributed by atoms with Gasteiger partial charge < -0.3 is 15.4 Å². The van der Waals surface area contributed by atoms with Crippen LogP contribution in [0, 0.1) is 5.41 Å². The van der Waals surface area contributed by atoms with Crippen LogP contribution in [0.15, 0.2) is 42.6 Å². The maximum atomic E-state index is 10.2. The summed E-state index contributed by atoms with van der Waals surface area (Å²) in [6.07, 6.45) is 4.00. The lowest BCUT2D eigenvalue weighted by molar-refractivity contribution is 0.259. The van der Waals surface area contributed by atoms with E-state index in [0.717, 1.165) is 50.5 Å². The summed E-state index contributed by atoms with van der Waals surface area (Å²) in [4.78, 5) is 8.99. The third-order valence-electron chi connectivity index (χ3n) is 4.32.